The van der Waals surface area contributed by atoms with Crippen LogP contribution in [0.15, 0.2) is 41.1 Å². The second-order valence-corrected chi connectivity index (χ2v) is 12.4. The molecule has 41 heavy (non-hydrogen) atoms. The fourth-order valence-electron chi connectivity index (χ4n) is 6.74. The predicted octanol–water partition coefficient (Wildman–Crippen LogP) is 6.40. The van der Waals surface area contributed by atoms with Gasteiger partial charge in [0.05, 0.1) is 12.8 Å². The number of pyridine rings is 2. The van der Waals surface area contributed by atoms with Gasteiger partial charge in [-0.15, -0.1) is 0 Å². The molecule has 0 saturated heterocycles. The number of hydrogen-bond donors (Lipinski definition) is 1. The zero-order valence-corrected chi connectivity index (χ0v) is 24.4. The second-order valence-electron chi connectivity index (χ2n) is 12.4. The lowest BCUT2D eigenvalue weighted by Crippen LogP contribution is -2.42. The molecule has 3 aliphatic carbocycles. The van der Waals surface area contributed by atoms with E-state index in [0.717, 1.165) is 104 Å². The van der Waals surface area contributed by atoms with Gasteiger partial charge in [0.25, 0.3) is 0 Å². The third-order valence-electron chi connectivity index (χ3n) is 9.55. The maximum Gasteiger partial charge on any atom is 0.231 e. The van der Waals surface area contributed by atoms with Crippen molar-refractivity contribution in [2.45, 2.75) is 83.0 Å². The van der Waals surface area contributed by atoms with Crippen molar-refractivity contribution in [1.82, 2.24) is 15.0 Å². The average molecular weight is 558 g/mol. The Kier molecular flexibility index (Phi) is 8.37. The van der Waals surface area contributed by atoms with Gasteiger partial charge in [-0.25, -0.2) is 9.97 Å². The van der Waals surface area contributed by atoms with E-state index in [1.165, 1.54) is 0 Å². The summed E-state index contributed by atoms with van der Waals surface area (Å²) in [6.07, 6.45) is 14.0. The van der Waals surface area contributed by atoms with Gasteiger partial charge in [-0.05, 0) is 114 Å². The van der Waals surface area contributed by atoms with E-state index < -0.39 is 0 Å². The van der Waals surface area contributed by atoms with Crippen molar-refractivity contribution in [1.29, 1.82) is 0 Å². The fraction of sp³-hybridized carbons (Fsp3) is 0.576. The highest BCUT2D eigenvalue weighted by molar-refractivity contribution is 5.94. The highest BCUT2D eigenvalue weighted by atomic mass is 16.5. The van der Waals surface area contributed by atoms with Crippen LogP contribution in [0.2, 0.25) is 0 Å². The molecule has 0 aromatic carbocycles. The molecule has 3 aromatic heterocycles. The van der Waals surface area contributed by atoms with Crippen LogP contribution < -0.4 is 15.4 Å². The van der Waals surface area contributed by atoms with Crippen LogP contribution in [0.4, 0.5) is 5.82 Å². The summed E-state index contributed by atoms with van der Waals surface area (Å²) >= 11 is 0. The van der Waals surface area contributed by atoms with E-state index in [0.29, 0.717) is 36.8 Å². The summed E-state index contributed by atoms with van der Waals surface area (Å²) in [7, 11) is 1.69. The molecule has 0 unspecified atom stereocenters. The van der Waals surface area contributed by atoms with Crippen molar-refractivity contribution in [2.24, 2.45) is 23.5 Å². The molecule has 0 spiro atoms. The number of carbonyl (C=O) groups is 1. The van der Waals surface area contributed by atoms with Gasteiger partial charge in [0.2, 0.25) is 5.91 Å². The monoisotopic (exact) mass is 557 g/mol. The first kappa shape index (κ1) is 27.9. The summed E-state index contributed by atoms with van der Waals surface area (Å²) in [5.74, 6) is 4.47. The highest BCUT2D eigenvalue weighted by Gasteiger charge is 2.34. The summed E-state index contributed by atoms with van der Waals surface area (Å²) < 4.78 is 11.2. The zero-order chi connectivity index (χ0) is 28.3. The molecule has 0 aliphatic heterocycles. The number of anilines is 1. The minimum Gasteiger partial charge on any atom is -0.495 e. The maximum absolute atomic E-state index is 14.1. The minimum absolute atomic E-state index is 0.0274. The first-order valence-electron chi connectivity index (χ1n) is 15.5. The van der Waals surface area contributed by atoms with Crippen LogP contribution in [0.25, 0.3) is 11.3 Å². The lowest BCUT2D eigenvalue weighted by Gasteiger charge is -2.35. The number of rotatable bonds is 9. The van der Waals surface area contributed by atoms with Crippen molar-refractivity contribution >= 4 is 11.7 Å². The Morgan fingerprint density at radius 1 is 0.976 bits per heavy atom. The van der Waals surface area contributed by atoms with E-state index in [1.807, 2.05) is 30.0 Å². The topological polar surface area (TPSA) is 107 Å². The summed E-state index contributed by atoms with van der Waals surface area (Å²) in [5, 5.41) is 0. The molecule has 1 amide bonds. The van der Waals surface area contributed by atoms with Crippen molar-refractivity contribution in [2.75, 3.05) is 25.1 Å². The third-order valence-corrected chi connectivity index (χ3v) is 9.55. The number of oxazole rings is 1. The number of amides is 1. The van der Waals surface area contributed by atoms with E-state index in [-0.39, 0.29) is 11.8 Å². The molecule has 6 rings (SSSR count). The van der Waals surface area contributed by atoms with E-state index in [4.69, 9.17) is 29.8 Å². The Morgan fingerprint density at radius 3 is 2.39 bits per heavy atom. The number of aryl methyl sites for hydroxylation is 1. The first-order chi connectivity index (χ1) is 20.0. The van der Waals surface area contributed by atoms with Crippen LogP contribution in [0, 0.1) is 24.7 Å². The van der Waals surface area contributed by atoms with E-state index in [1.54, 1.807) is 19.6 Å². The van der Waals surface area contributed by atoms with Gasteiger partial charge < -0.3 is 14.9 Å². The number of aromatic nitrogens is 3. The molecule has 0 atom stereocenters. The predicted molar refractivity (Wildman–Crippen MR) is 159 cm³/mol. The highest BCUT2D eigenvalue weighted by Crippen LogP contribution is 2.41. The van der Waals surface area contributed by atoms with Gasteiger partial charge in [-0.3, -0.25) is 14.7 Å². The molecule has 3 aromatic rings. The fourth-order valence-corrected chi connectivity index (χ4v) is 6.74. The number of carbonyl (C=O) groups excluding carboxylic acids is 1. The SMILES string of the molecule is COc1ccc(C2CCC(CN(C(=O)C3CCC(CN)CC3)c3cc(-c4coc(C5CC5)n4)ccn3)CC2)nc1C. The van der Waals surface area contributed by atoms with Crippen molar-refractivity contribution < 1.29 is 13.9 Å². The molecule has 8 heteroatoms. The summed E-state index contributed by atoms with van der Waals surface area (Å²) in [6.45, 7) is 3.41. The smallest absolute Gasteiger partial charge is 0.231 e. The molecule has 0 radical (unpaired) electrons. The normalized spacial score (nSPS) is 24.7. The third kappa shape index (κ3) is 6.32. The number of ether oxygens (including phenoxy) is 1. The van der Waals surface area contributed by atoms with Crippen molar-refractivity contribution in [3.05, 3.63) is 54.0 Å². The van der Waals surface area contributed by atoms with E-state index in [9.17, 15) is 4.79 Å². The summed E-state index contributed by atoms with van der Waals surface area (Å²) in [5.41, 5.74) is 9.79. The van der Waals surface area contributed by atoms with E-state index in [2.05, 4.69) is 6.07 Å². The van der Waals surface area contributed by atoms with Gasteiger partial charge >= 0.3 is 0 Å². The van der Waals surface area contributed by atoms with Crippen LogP contribution in [0.3, 0.4) is 0 Å². The van der Waals surface area contributed by atoms with Crippen LogP contribution in [-0.4, -0.2) is 41.1 Å². The maximum atomic E-state index is 14.1. The number of hydrogen-bond acceptors (Lipinski definition) is 7. The molecule has 3 saturated carbocycles. The molecule has 3 fully saturated rings. The quantitative estimate of drug-likeness (QED) is 0.324. The molecule has 2 N–H and O–H groups in total. The van der Waals surface area contributed by atoms with Crippen molar-refractivity contribution in [3.8, 4) is 17.0 Å². The van der Waals surface area contributed by atoms with E-state index >= 15 is 0 Å². The van der Waals surface area contributed by atoms with Gasteiger partial charge in [0.1, 0.15) is 23.5 Å². The largest absolute Gasteiger partial charge is 0.495 e. The Balaban J connectivity index is 1.19. The van der Waals surface area contributed by atoms with Gasteiger partial charge in [-0.2, -0.15) is 0 Å². The number of nitrogens with two attached hydrogens (primary N) is 1. The van der Waals surface area contributed by atoms with Crippen LogP contribution in [0.5, 0.6) is 5.75 Å². The standard InChI is InChI=1S/C33H43N5O3/c1-21-30(40-2)14-13-28(36-21)24-7-5-23(6-8-24)19-38(33(39)26-9-3-22(18-34)4-10-26)31-17-27(15-16-35-31)29-20-41-32(37-29)25-11-12-25/h13-17,20,22-26H,3-12,18-19,34H2,1-2H3. The average Bonchev–Trinajstić information content (AvgIpc) is 3.75. The summed E-state index contributed by atoms with van der Waals surface area (Å²) in [6, 6.07) is 8.12. The lowest BCUT2D eigenvalue weighted by atomic mass is 9.79. The van der Waals surface area contributed by atoms with Crippen molar-refractivity contribution in [3.63, 3.8) is 0 Å². The zero-order valence-electron chi connectivity index (χ0n) is 24.4. The molecule has 218 valence electrons. The molecule has 0 bridgehead atoms. The minimum atomic E-state index is 0.0274. The molecular formula is C33H43N5O3. The lowest BCUT2D eigenvalue weighted by molar-refractivity contribution is -0.123. The van der Waals surface area contributed by atoms with Crippen LogP contribution in [0.1, 0.15) is 93.3 Å². The van der Waals surface area contributed by atoms with Crippen LogP contribution in [-0.2, 0) is 4.79 Å². The molecule has 8 nitrogen and oxygen atoms in total. The molecule has 3 heterocycles. The number of methoxy groups -OCH3 is 1. The van der Waals surface area contributed by atoms with Crippen LogP contribution >= 0.6 is 0 Å². The van der Waals surface area contributed by atoms with Gasteiger partial charge in [-0.1, -0.05) is 0 Å². The Hall–Kier alpha value is -3.26. The Morgan fingerprint density at radius 2 is 1.71 bits per heavy atom. The molecular weight excluding hydrogens is 514 g/mol. The second kappa shape index (κ2) is 12.3. The Labute approximate surface area is 243 Å². The first-order valence-corrected chi connectivity index (χ1v) is 15.5. The number of nitrogens with zero attached hydrogens (tertiary/aromatic N) is 4. The summed E-state index contributed by atoms with van der Waals surface area (Å²) in [4.78, 5) is 30.4. The Bertz CT molecular complexity index is 1340. The van der Waals surface area contributed by atoms with Gasteiger partial charge in [0.15, 0.2) is 5.89 Å². The van der Waals surface area contributed by atoms with Gasteiger partial charge in [0, 0.05) is 41.8 Å². The molecule has 3 aliphatic rings.